The van der Waals surface area contributed by atoms with Crippen molar-refractivity contribution in [1.82, 2.24) is 4.98 Å². The van der Waals surface area contributed by atoms with Gasteiger partial charge < -0.3 is 10.4 Å². The topological polar surface area (TPSA) is 79.3 Å². The lowest BCUT2D eigenvalue weighted by atomic mass is 10.0. The molecule has 108 valence electrons. The number of nitrogens with zero attached hydrogens (tertiary/aromatic N) is 1. The van der Waals surface area contributed by atoms with Crippen LogP contribution in [-0.4, -0.2) is 22.0 Å². The molecular weight excluding hydrogens is 275 g/mol. The Morgan fingerprint density at radius 1 is 1.24 bits per heavy atom. The number of carboxylic acids is 1. The van der Waals surface area contributed by atoms with Crippen LogP contribution in [0.15, 0.2) is 30.5 Å². The van der Waals surface area contributed by atoms with Gasteiger partial charge in [0, 0.05) is 11.9 Å². The van der Waals surface area contributed by atoms with Crippen LogP contribution in [0.3, 0.4) is 0 Å². The van der Waals surface area contributed by atoms with Gasteiger partial charge in [0.05, 0.1) is 11.1 Å². The molecule has 1 aromatic heterocycles. The Balaban J connectivity index is 2.29. The second-order valence-corrected chi connectivity index (χ2v) is 4.59. The van der Waals surface area contributed by atoms with Gasteiger partial charge in [-0.1, -0.05) is 0 Å². The van der Waals surface area contributed by atoms with E-state index in [0.29, 0.717) is 11.3 Å². The van der Waals surface area contributed by atoms with Crippen molar-refractivity contribution < 1.29 is 19.1 Å². The summed E-state index contributed by atoms with van der Waals surface area (Å²) in [7, 11) is 0. The van der Waals surface area contributed by atoms with E-state index in [4.69, 9.17) is 5.11 Å². The first-order chi connectivity index (χ1) is 9.88. The minimum absolute atomic E-state index is 0.127. The van der Waals surface area contributed by atoms with Crippen LogP contribution in [0.1, 0.15) is 31.8 Å². The lowest BCUT2D eigenvalue weighted by molar-refractivity contribution is 0.0695. The summed E-state index contributed by atoms with van der Waals surface area (Å²) in [6.07, 6.45) is 1.11. The maximum absolute atomic E-state index is 12.7. The number of hydrogen-bond donors (Lipinski definition) is 2. The second kappa shape index (κ2) is 5.70. The Kier molecular flexibility index (Phi) is 3.98. The van der Waals surface area contributed by atoms with Gasteiger partial charge in [0.15, 0.2) is 0 Å². The summed E-state index contributed by atoms with van der Waals surface area (Å²) < 4.78 is 12.7. The predicted octanol–water partition coefficient (Wildman–Crippen LogP) is 2.79. The van der Waals surface area contributed by atoms with Crippen molar-refractivity contribution in [1.29, 1.82) is 0 Å². The number of aromatic carboxylic acids is 1. The second-order valence-electron chi connectivity index (χ2n) is 4.59. The Hall–Kier alpha value is -2.76. The molecule has 0 radical (unpaired) electrons. The highest BCUT2D eigenvalue weighted by molar-refractivity contribution is 6.04. The summed E-state index contributed by atoms with van der Waals surface area (Å²) in [4.78, 5) is 26.5. The smallest absolute Gasteiger partial charge is 0.336 e. The van der Waals surface area contributed by atoms with E-state index >= 15 is 0 Å². The molecule has 1 amide bonds. The third-order valence-electron chi connectivity index (χ3n) is 3.15. The molecule has 0 atom stereocenters. The van der Waals surface area contributed by atoms with E-state index < -0.39 is 17.8 Å². The average molecular weight is 288 g/mol. The molecule has 1 heterocycles. The van der Waals surface area contributed by atoms with Gasteiger partial charge in [-0.2, -0.15) is 4.39 Å². The summed E-state index contributed by atoms with van der Waals surface area (Å²) >= 11 is 0. The highest BCUT2D eigenvalue weighted by Gasteiger charge is 2.13. The first-order valence-electron chi connectivity index (χ1n) is 6.16. The molecule has 0 fully saturated rings. The molecule has 21 heavy (non-hydrogen) atoms. The number of anilines is 1. The molecule has 6 heteroatoms. The first-order valence-corrected chi connectivity index (χ1v) is 6.16. The molecular formula is C15H13FN2O3. The van der Waals surface area contributed by atoms with Gasteiger partial charge in [0.2, 0.25) is 5.95 Å². The van der Waals surface area contributed by atoms with Crippen LogP contribution in [0.4, 0.5) is 10.1 Å². The molecule has 0 saturated carbocycles. The zero-order valence-electron chi connectivity index (χ0n) is 11.5. The summed E-state index contributed by atoms with van der Waals surface area (Å²) in [5.74, 6) is -2.22. The molecule has 0 unspecified atom stereocenters. The number of carboxylic acid groups (broad SMARTS) is 1. The fourth-order valence-corrected chi connectivity index (χ4v) is 1.87. The molecule has 2 aromatic rings. The number of aromatic nitrogens is 1. The van der Waals surface area contributed by atoms with Gasteiger partial charge in [0.25, 0.3) is 5.91 Å². The van der Waals surface area contributed by atoms with Gasteiger partial charge in [-0.05, 0) is 49.2 Å². The van der Waals surface area contributed by atoms with Crippen molar-refractivity contribution in [2.75, 3.05) is 5.32 Å². The number of hydrogen-bond acceptors (Lipinski definition) is 3. The van der Waals surface area contributed by atoms with Crippen molar-refractivity contribution in [2.45, 2.75) is 13.8 Å². The van der Waals surface area contributed by atoms with E-state index in [9.17, 15) is 14.0 Å². The SMILES string of the molecule is Cc1cc(NC(=O)c2ccc(F)nc2)cc(C(=O)O)c1C. The van der Waals surface area contributed by atoms with Crippen LogP contribution in [0, 0.1) is 19.8 Å². The van der Waals surface area contributed by atoms with Crippen LogP contribution >= 0.6 is 0 Å². The lowest BCUT2D eigenvalue weighted by Gasteiger charge is -2.10. The summed E-state index contributed by atoms with van der Waals surface area (Å²) in [6, 6.07) is 5.45. The first kappa shape index (κ1) is 14.6. The van der Waals surface area contributed by atoms with Crippen molar-refractivity contribution in [3.05, 3.63) is 58.7 Å². The monoisotopic (exact) mass is 288 g/mol. The average Bonchev–Trinajstić information content (AvgIpc) is 2.43. The summed E-state index contributed by atoms with van der Waals surface area (Å²) in [5, 5.41) is 11.7. The maximum Gasteiger partial charge on any atom is 0.336 e. The van der Waals surface area contributed by atoms with Crippen LogP contribution < -0.4 is 5.32 Å². The number of halogens is 1. The number of benzene rings is 1. The highest BCUT2D eigenvalue weighted by Crippen LogP contribution is 2.20. The zero-order chi connectivity index (χ0) is 15.6. The maximum atomic E-state index is 12.7. The Morgan fingerprint density at radius 3 is 2.52 bits per heavy atom. The van der Waals surface area contributed by atoms with Crippen molar-refractivity contribution in [2.24, 2.45) is 0 Å². The van der Waals surface area contributed by atoms with Crippen LogP contribution in [0.2, 0.25) is 0 Å². The fraction of sp³-hybridized carbons (Fsp3) is 0.133. The number of nitrogens with one attached hydrogen (secondary N) is 1. The van der Waals surface area contributed by atoms with Gasteiger partial charge >= 0.3 is 5.97 Å². The van der Waals surface area contributed by atoms with E-state index in [0.717, 1.165) is 17.8 Å². The quantitative estimate of drug-likeness (QED) is 0.851. The fourth-order valence-electron chi connectivity index (χ4n) is 1.87. The molecule has 0 spiro atoms. The zero-order valence-corrected chi connectivity index (χ0v) is 11.5. The van der Waals surface area contributed by atoms with Crippen LogP contribution in [0.5, 0.6) is 0 Å². The third kappa shape index (κ3) is 3.22. The molecule has 0 aliphatic heterocycles. The van der Waals surface area contributed by atoms with Gasteiger partial charge in [0.1, 0.15) is 0 Å². The predicted molar refractivity (Wildman–Crippen MR) is 75.0 cm³/mol. The minimum Gasteiger partial charge on any atom is -0.478 e. The number of aryl methyl sites for hydroxylation is 1. The van der Waals surface area contributed by atoms with Crippen LogP contribution in [-0.2, 0) is 0 Å². The molecule has 2 N–H and O–H groups in total. The van der Waals surface area contributed by atoms with Crippen molar-refractivity contribution in [3.8, 4) is 0 Å². The van der Waals surface area contributed by atoms with Gasteiger partial charge in [-0.3, -0.25) is 4.79 Å². The minimum atomic E-state index is -1.06. The van der Waals surface area contributed by atoms with Gasteiger partial charge in [-0.15, -0.1) is 0 Å². The van der Waals surface area contributed by atoms with Gasteiger partial charge in [-0.25, -0.2) is 9.78 Å². The molecule has 2 rings (SSSR count). The molecule has 5 nitrogen and oxygen atoms in total. The lowest BCUT2D eigenvalue weighted by Crippen LogP contribution is -2.13. The van der Waals surface area contributed by atoms with Crippen LogP contribution in [0.25, 0.3) is 0 Å². The Bertz CT molecular complexity index is 712. The van der Waals surface area contributed by atoms with E-state index in [2.05, 4.69) is 10.3 Å². The number of carbonyl (C=O) groups excluding carboxylic acids is 1. The standard InChI is InChI=1S/C15H13FN2O3/c1-8-5-11(6-12(9(8)2)15(20)21)18-14(19)10-3-4-13(16)17-7-10/h3-7H,1-2H3,(H,18,19)(H,20,21). The molecule has 1 aromatic carbocycles. The molecule has 0 aliphatic carbocycles. The van der Waals surface area contributed by atoms with Crippen molar-refractivity contribution >= 4 is 17.6 Å². The normalized spacial score (nSPS) is 10.2. The summed E-state index contributed by atoms with van der Waals surface area (Å²) in [6.45, 7) is 3.46. The third-order valence-corrected chi connectivity index (χ3v) is 3.15. The molecule has 0 aliphatic rings. The molecule has 0 bridgehead atoms. The highest BCUT2D eigenvalue weighted by atomic mass is 19.1. The number of carbonyl (C=O) groups is 2. The number of amides is 1. The van der Waals surface area contributed by atoms with E-state index in [-0.39, 0.29) is 11.1 Å². The number of rotatable bonds is 3. The Morgan fingerprint density at radius 2 is 1.95 bits per heavy atom. The van der Waals surface area contributed by atoms with E-state index in [1.54, 1.807) is 19.9 Å². The molecule has 0 saturated heterocycles. The number of pyridine rings is 1. The Labute approximate surface area is 120 Å². The van der Waals surface area contributed by atoms with Crippen molar-refractivity contribution in [3.63, 3.8) is 0 Å². The van der Waals surface area contributed by atoms with E-state index in [1.165, 1.54) is 12.1 Å². The summed E-state index contributed by atoms with van der Waals surface area (Å²) in [5.41, 5.74) is 2.07. The largest absolute Gasteiger partial charge is 0.478 e. The van der Waals surface area contributed by atoms with E-state index in [1.807, 2.05) is 0 Å².